The van der Waals surface area contributed by atoms with Gasteiger partial charge in [-0.15, -0.1) is 0 Å². The average molecular weight is 366 g/mol. The van der Waals surface area contributed by atoms with Crippen molar-refractivity contribution in [2.24, 2.45) is 0 Å². The lowest BCUT2D eigenvalue weighted by Gasteiger charge is -2.28. The number of aliphatic hydroxyl groups excluding tert-OH is 4. The van der Waals surface area contributed by atoms with Crippen molar-refractivity contribution in [2.75, 3.05) is 11.9 Å². The Morgan fingerprint density at radius 1 is 1.12 bits per heavy atom. The van der Waals surface area contributed by atoms with Crippen LogP contribution in [0, 0.1) is 0 Å². The van der Waals surface area contributed by atoms with Crippen LogP contribution in [0.15, 0.2) is 36.9 Å². The van der Waals surface area contributed by atoms with Gasteiger partial charge in [-0.1, -0.05) is 6.58 Å². The summed E-state index contributed by atoms with van der Waals surface area (Å²) in [4.78, 5) is 35.2. The zero-order chi connectivity index (χ0) is 19.9. The van der Waals surface area contributed by atoms with Crippen LogP contribution < -0.4 is 10.6 Å². The van der Waals surface area contributed by atoms with Crippen molar-refractivity contribution in [3.05, 3.63) is 42.5 Å². The highest BCUT2D eigenvalue weighted by molar-refractivity contribution is 6.03. The van der Waals surface area contributed by atoms with Gasteiger partial charge in [0.1, 0.15) is 24.4 Å². The molecular formula is C17H22N2O7. The fourth-order valence-electron chi connectivity index (χ4n) is 2.15. The van der Waals surface area contributed by atoms with Crippen molar-refractivity contribution in [1.82, 2.24) is 5.32 Å². The highest BCUT2D eigenvalue weighted by atomic mass is 16.4. The summed E-state index contributed by atoms with van der Waals surface area (Å²) in [5.41, 5.74) is 0.490. The standard InChI is InChI=1S/C17H22N2O7/c1-3-13(23)19-11-6-4-10(5-7-11)15(24)14(18-9(2)21)17(26)16(25)12(22)8-20/h3-7,12,14,16-17,20,22,25-26H,1,8H2,2H3,(H,18,21)(H,19,23)/t12-,14+,16-,17-/m1/s1. The second-order valence-electron chi connectivity index (χ2n) is 5.54. The van der Waals surface area contributed by atoms with Gasteiger partial charge in [-0.2, -0.15) is 0 Å². The van der Waals surface area contributed by atoms with E-state index in [9.17, 15) is 29.7 Å². The summed E-state index contributed by atoms with van der Waals surface area (Å²) in [7, 11) is 0. The minimum atomic E-state index is -1.85. The molecule has 0 unspecified atom stereocenters. The van der Waals surface area contributed by atoms with Gasteiger partial charge in [-0.05, 0) is 30.3 Å². The minimum Gasteiger partial charge on any atom is -0.394 e. The number of carbonyl (C=O) groups is 3. The number of benzene rings is 1. The molecule has 0 spiro atoms. The van der Waals surface area contributed by atoms with Crippen LogP contribution in [-0.2, 0) is 9.59 Å². The maximum absolute atomic E-state index is 12.6. The van der Waals surface area contributed by atoms with E-state index < -0.39 is 48.6 Å². The Balaban J connectivity index is 3.03. The number of rotatable bonds is 9. The van der Waals surface area contributed by atoms with E-state index in [1.807, 2.05) is 0 Å². The fraction of sp³-hybridized carbons (Fsp3) is 0.353. The summed E-state index contributed by atoms with van der Waals surface area (Å²) in [5, 5.41) is 43.0. The van der Waals surface area contributed by atoms with Crippen LogP contribution in [0.1, 0.15) is 17.3 Å². The van der Waals surface area contributed by atoms with Crippen molar-refractivity contribution in [2.45, 2.75) is 31.3 Å². The van der Waals surface area contributed by atoms with E-state index in [0.717, 1.165) is 13.0 Å². The third kappa shape index (κ3) is 5.74. The number of anilines is 1. The van der Waals surface area contributed by atoms with Crippen molar-refractivity contribution < 1.29 is 34.8 Å². The average Bonchev–Trinajstić information content (AvgIpc) is 2.64. The van der Waals surface area contributed by atoms with Gasteiger partial charge in [-0.3, -0.25) is 14.4 Å². The van der Waals surface area contributed by atoms with Gasteiger partial charge in [0.05, 0.1) is 6.61 Å². The highest BCUT2D eigenvalue weighted by Gasteiger charge is 2.36. The van der Waals surface area contributed by atoms with Gasteiger partial charge in [0, 0.05) is 18.2 Å². The molecule has 0 saturated carbocycles. The van der Waals surface area contributed by atoms with Gasteiger partial charge < -0.3 is 31.1 Å². The topological polar surface area (TPSA) is 156 Å². The first-order valence-electron chi connectivity index (χ1n) is 7.71. The molecule has 6 N–H and O–H groups in total. The SMILES string of the molecule is C=CC(=O)Nc1ccc(C(=O)[C@H](NC(C)=O)[C@@H](O)[C@H](O)[C@H](O)CO)cc1. The molecule has 0 aromatic heterocycles. The van der Waals surface area contributed by atoms with Gasteiger partial charge in [0.2, 0.25) is 11.8 Å². The van der Waals surface area contributed by atoms with E-state index in [-0.39, 0.29) is 5.56 Å². The largest absolute Gasteiger partial charge is 0.394 e. The van der Waals surface area contributed by atoms with Crippen LogP contribution in [0.4, 0.5) is 5.69 Å². The zero-order valence-corrected chi connectivity index (χ0v) is 14.1. The van der Waals surface area contributed by atoms with Gasteiger partial charge in [0.15, 0.2) is 5.78 Å². The third-order valence-electron chi connectivity index (χ3n) is 3.54. The highest BCUT2D eigenvalue weighted by Crippen LogP contribution is 2.15. The Morgan fingerprint density at radius 3 is 2.15 bits per heavy atom. The molecule has 142 valence electrons. The quantitative estimate of drug-likeness (QED) is 0.231. The Kier molecular flexibility index (Phi) is 8.07. The number of hydrogen-bond acceptors (Lipinski definition) is 7. The minimum absolute atomic E-state index is 0.0880. The van der Waals surface area contributed by atoms with E-state index in [1.165, 1.54) is 24.3 Å². The summed E-state index contributed by atoms with van der Waals surface area (Å²) in [6.07, 6.45) is -4.32. The van der Waals surface area contributed by atoms with Crippen LogP contribution in [0.25, 0.3) is 0 Å². The van der Waals surface area contributed by atoms with Crippen LogP contribution in [0.2, 0.25) is 0 Å². The summed E-state index contributed by atoms with van der Waals surface area (Å²) < 4.78 is 0. The van der Waals surface area contributed by atoms with Crippen LogP contribution >= 0.6 is 0 Å². The molecule has 4 atom stereocenters. The smallest absolute Gasteiger partial charge is 0.247 e. The molecule has 1 aromatic carbocycles. The molecule has 2 amide bonds. The van der Waals surface area contributed by atoms with E-state index in [4.69, 9.17) is 5.11 Å². The summed E-state index contributed by atoms with van der Waals surface area (Å²) >= 11 is 0. The van der Waals surface area contributed by atoms with E-state index in [2.05, 4.69) is 17.2 Å². The molecule has 0 heterocycles. The lowest BCUT2D eigenvalue weighted by molar-refractivity contribution is -0.122. The Labute approximate surface area is 150 Å². The second kappa shape index (κ2) is 9.78. The molecule has 0 bridgehead atoms. The maximum Gasteiger partial charge on any atom is 0.247 e. The van der Waals surface area contributed by atoms with E-state index >= 15 is 0 Å². The van der Waals surface area contributed by atoms with Crippen LogP contribution in [-0.4, -0.2) is 69.0 Å². The number of carbonyl (C=O) groups excluding carboxylic acids is 3. The number of ketones is 1. The number of nitrogens with one attached hydrogen (secondary N) is 2. The van der Waals surface area contributed by atoms with Gasteiger partial charge >= 0.3 is 0 Å². The first-order chi connectivity index (χ1) is 12.2. The summed E-state index contributed by atoms with van der Waals surface area (Å²) in [6, 6.07) is 4.04. The summed E-state index contributed by atoms with van der Waals surface area (Å²) in [6.45, 7) is 3.60. The lowest BCUT2D eigenvalue weighted by Crippen LogP contribution is -2.55. The molecule has 1 aromatic rings. The predicted octanol–water partition coefficient (Wildman–Crippen LogP) is -1.43. The Bertz CT molecular complexity index is 660. The Morgan fingerprint density at radius 2 is 1.69 bits per heavy atom. The van der Waals surface area contributed by atoms with Gasteiger partial charge in [0.25, 0.3) is 0 Å². The number of Topliss-reactive ketones (excluding diaryl/α,β-unsaturated/α-hetero) is 1. The molecule has 26 heavy (non-hydrogen) atoms. The molecule has 9 nitrogen and oxygen atoms in total. The van der Waals surface area contributed by atoms with Crippen LogP contribution in [0.5, 0.6) is 0 Å². The third-order valence-corrected chi connectivity index (χ3v) is 3.54. The van der Waals surface area contributed by atoms with E-state index in [0.29, 0.717) is 5.69 Å². The monoisotopic (exact) mass is 366 g/mol. The molecule has 0 aliphatic rings. The molecule has 0 radical (unpaired) electrons. The molecule has 0 fully saturated rings. The molecular weight excluding hydrogens is 344 g/mol. The van der Waals surface area contributed by atoms with Crippen molar-refractivity contribution in [3.63, 3.8) is 0 Å². The second-order valence-corrected chi connectivity index (χ2v) is 5.54. The van der Waals surface area contributed by atoms with Crippen molar-refractivity contribution in [3.8, 4) is 0 Å². The van der Waals surface area contributed by atoms with Crippen LogP contribution in [0.3, 0.4) is 0 Å². The maximum atomic E-state index is 12.6. The zero-order valence-electron chi connectivity index (χ0n) is 14.1. The van der Waals surface area contributed by atoms with Crippen molar-refractivity contribution >= 4 is 23.3 Å². The lowest BCUT2D eigenvalue weighted by atomic mass is 9.94. The fourth-order valence-corrected chi connectivity index (χ4v) is 2.15. The predicted molar refractivity (Wildman–Crippen MR) is 92.3 cm³/mol. The first-order valence-corrected chi connectivity index (χ1v) is 7.71. The Hall–Kier alpha value is -2.59. The first kappa shape index (κ1) is 21.5. The van der Waals surface area contributed by atoms with Gasteiger partial charge in [-0.25, -0.2) is 0 Å². The molecule has 0 aliphatic heterocycles. The van der Waals surface area contributed by atoms with Crippen molar-refractivity contribution in [1.29, 1.82) is 0 Å². The molecule has 9 heteroatoms. The molecule has 0 aliphatic carbocycles. The molecule has 0 saturated heterocycles. The summed E-state index contributed by atoms with van der Waals surface area (Å²) in [5.74, 6) is -1.79. The number of aliphatic hydroxyl groups is 4. The number of hydrogen-bond donors (Lipinski definition) is 6. The number of amides is 2. The normalized spacial score (nSPS) is 15.3. The van der Waals surface area contributed by atoms with E-state index in [1.54, 1.807) is 0 Å². The molecule has 1 rings (SSSR count).